The van der Waals surface area contributed by atoms with Gasteiger partial charge < -0.3 is 14.8 Å². The lowest BCUT2D eigenvalue weighted by atomic mass is 10.1. The Labute approximate surface area is 137 Å². The fourth-order valence-electron chi connectivity index (χ4n) is 2.36. The van der Waals surface area contributed by atoms with Crippen LogP contribution in [0.15, 0.2) is 34.1 Å². The molecule has 2 aromatic rings. The fourth-order valence-corrected chi connectivity index (χ4v) is 3.80. The number of hydrogen-bond donors (Lipinski definition) is 1. The van der Waals surface area contributed by atoms with E-state index in [0.29, 0.717) is 19.3 Å². The molecule has 1 aliphatic heterocycles. The molecule has 1 aromatic heterocycles. The lowest BCUT2D eigenvalue weighted by molar-refractivity contribution is 0.170. The second-order valence-electron chi connectivity index (χ2n) is 5.17. The normalized spacial score (nSPS) is 15.0. The number of nitrogens with one attached hydrogen (secondary N) is 1. The zero-order valence-corrected chi connectivity index (χ0v) is 14.3. The van der Waals surface area contributed by atoms with Gasteiger partial charge >= 0.3 is 0 Å². The Morgan fingerprint density at radius 2 is 2.19 bits per heavy atom. The van der Waals surface area contributed by atoms with E-state index >= 15 is 0 Å². The van der Waals surface area contributed by atoms with Crippen LogP contribution >= 0.6 is 27.3 Å². The molecule has 0 radical (unpaired) electrons. The Morgan fingerprint density at radius 1 is 1.33 bits per heavy atom. The lowest BCUT2D eigenvalue weighted by Crippen LogP contribution is -2.27. The fraction of sp³-hybridized carbons (Fsp3) is 0.375. The largest absolute Gasteiger partial charge is 0.486 e. The molecule has 0 saturated heterocycles. The molecule has 0 bridgehead atoms. The van der Waals surface area contributed by atoms with Gasteiger partial charge in [0, 0.05) is 17.5 Å². The highest BCUT2D eigenvalue weighted by Gasteiger charge is 2.16. The molecule has 5 heteroatoms. The average molecular weight is 368 g/mol. The van der Waals surface area contributed by atoms with Gasteiger partial charge in [-0.15, -0.1) is 11.3 Å². The third-order valence-electron chi connectivity index (χ3n) is 3.40. The summed E-state index contributed by atoms with van der Waals surface area (Å²) < 4.78 is 12.2. The summed E-state index contributed by atoms with van der Waals surface area (Å²) >= 11 is 5.37. The molecule has 1 atom stereocenters. The first-order chi connectivity index (χ1) is 10.2. The minimum absolute atomic E-state index is 0.440. The molecular weight excluding hydrogens is 350 g/mol. The summed E-state index contributed by atoms with van der Waals surface area (Å²) in [6.07, 6.45) is 1.06. The Balaban J connectivity index is 1.61. The van der Waals surface area contributed by atoms with E-state index in [1.165, 1.54) is 10.4 Å². The van der Waals surface area contributed by atoms with Gasteiger partial charge in [-0.25, -0.2) is 0 Å². The number of hydrogen-bond acceptors (Lipinski definition) is 4. The van der Waals surface area contributed by atoms with Crippen LogP contribution in [0.25, 0.3) is 0 Å². The van der Waals surface area contributed by atoms with Gasteiger partial charge in [-0.05, 0) is 58.4 Å². The zero-order chi connectivity index (χ0) is 14.7. The van der Waals surface area contributed by atoms with Crippen LogP contribution in [0.3, 0.4) is 0 Å². The van der Waals surface area contributed by atoms with E-state index in [0.717, 1.165) is 28.9 Å². The monoisotopic (exact) mass is 367 g/mol. The van der Waals surface area contributed by atoms with Crippen LogP contribution in [0.5, 0.6) is 11.5 Å². The topological polar surface area (TPSA) is 30.5 Å². The van der Waals surface area contributed by atoms with Gasteiger partial charge in [-0.3, -0.25) is 0 Å². The van der Waals surface area contributed by atoms with Crippen molar-refractivity contribution in [2.75, 3.05) is 13.2 Å². The van der Waals surface area contributed by atoms with Gasteiger partial charge in [0.2, 0.25) is 0 Å². The summed E-state index contributed by atoms with van der Waals surface area (Å²) in [5.41, 5.74) is 1.20. The minimum Gasteiger partial charge on any atom is -0.486 e. The standard InChI is InChI=1S/C16H18BrNO2S/c1-11(7-13-3-2-6-21-13)18-10-12-8-14(17)16-15(9-12)19-4-5-20-16/h2-3,6,8-9,11,18H,4-5,7,10H2,1H3. The summed E-state index contributed by atoms with van der Waals surface area (Å²) in [7, 11) is 0. The van der Waals surface area contributed by atoms with E-state index in [2.05, 4.69) is 57.8 Å². The molecule has 1 aromatic carbocycles. The average Bonchev–Trinajstić information content (AvgIpc) is 2.98. The molecular formula is C16H18BrNO2S. The molecule has 0 spiro atoms. The Hall–Kier alpha value is -1.04. The van der Waals surface area contributed by atoms with Crippen LogP contribution in [0.1, 0.15) is 17.4 Å². The first-order valence-corrected chi connectivity index (χ1v) is 8.73. The van der Waals surface area contributed by atoms with E-state index in [-0.39, 0.29) is 0 Å². The minimum atomic E-state index is 0.440. The summed E-state index contributed by atoms with van der Waals surface area (Å²) in [6.45, 7) is 4.26. The second kappa shape index (κ2) is 6.81. The third kappa shape index (κ3) is 3.78. The van der Waals surface area contributed by atoms with Crippen LogP contribution < -0.4 is 14.8 Å². The Bertz CT molecular complexity index is 601. The SMILES string of the molecule is CC(Cc1cccs1)NCc1cc(Br)c2c(c1)OCCO2. The zero-order valence-electron chi connectivity index (χ0n) is 11.9. The number of ether oxygens (including phenoxy) is 2. The van der Waals surface area contributed by atoms with E-state index in [4.69, 9.17) is 9.47 Å². The van der Waals surface area contributed by atoms with Crippen LogP contribution in [-0.4, -0.2) is 19.3 Å². The van der Waals surface area contributed by atoms with Crippen molar-refractivity contribution in [1.29, 1.82) is 0 Å². The highest BCUT2D eigenvalue weighted by molar-refractivity contribution is 9.10. The molecule has 1 aliphatic rings. The van der Waals surface area contributed by atoms with Crippen molar-refractivity contribution in [3.8, 4) is 11.5 Å². The van der Waals surface area contributed by atoms with Crippen LogP contribution in [0.4, 0.5) is 0 Å². The second-order valence-corrected chi connectivity index (χ2v) is 7.05. The van der Waals surface area contributed by atoms with Crippen molar-refractivity contribution in [2.45, 2.75) is 25.9 Å². The molecule has 3 nitrogen and oxygen atoms in total. The van der Waals surface area contributed by atoms with Gasteiger partial charge in [-0.1, -0.05) is 6.07 Å². The predicted octanol–water partition coefficient (Wildman–Crippen LogP) is 4.00. The van der Waals surface area contributed by atoms with Crippen LogP contribution in [-0.2, 0) is 13.0 Å². The molecule has 0 fully saturated rings. The molecule has 0 saturated carbocycles. The number of fused-ring (bicyclic) bond motifs is 1. The van der Waals surface area contributed by atoms with Crippen molar-refractivity contribution in [3.63, 3.8) is 0 Å². The quantitative estimate of drug-likeness (QED) is 0.865. The number of benzene rings is 1. The first-order valence-electron chi connectivity index (χ1n) is 7.06. The predicted molar refractivity (Wildman–Crippen MR) is 89.5 cm³/mol. The lowest BCUT2D eigenvalue weighted by Gasteiger charge is -2.21. The van der Waals surface area contributed by atoms with E-state index in [9.17, 15) is 0 Å². The van der Waals surface area contributed by atoms with E-state index < -0.39 is 0 Å². The maximum Gasteiger partial charge on any atom is 0.175 e. The van der Waals surface area contributed by atoms with Crippen molar-refractivity contribution >= 4 is 27.3 Å². The summed E-state index contributed by atoms with van der Waals surface area (Å²) in [4.78, 5) is 1.42. The van der Waals surface area contributed by atoms with Gasteiger partial charge in [0.1, 0.15) is 13.2 Å². The molecule has 3 rings (SSSR count). The highest BCUT2D eigenvalue weighted by Crippen LogP contribution is 2.38. The van der Waals surface area contributed by atoms with Crippen LogP contribution in [0, 0.1) is 0 Å². The van der Waals surface area contributed by atoms with Crippen LogP contribution in [0.2, 0.25) is 0 Å². The molecule has 1 unspecified atom stereocenters. The molecule has 0 aliphatic carbocycles. The van der Waals surface area contributed by atoms with E-state index in [1.54, 1.807) is 0 Å². The Morgan fingerprint density at radius 3 is 3.00 bits per heavy atom. The van der Waals surface area contributed by atoms with Gasteiger partial charge in [0.15, 0.2) is 11.5 Å². The van der Waals surface area contributed by atoms with Crippen molar-refractivity contribution in [3.05, 3.63) is 44.6 Å². The number of rotatable bonds is 5. The molecule has 1 N–H and O–H groups in total. The third-order valence-corrected chi connectivity index (χ3v) is 4.89. The smallest absolute Gasteiger partial charge is 0.175 e. The molecule has 112 valence electrons. The summed E-state index contributed by atoms with van der Waals surface area (Å²) in [5.74, 6) is 1.65. The first kappa shape index (κ1) is 14.9. The molecule has 21 heavy (non-hydrogen) atoms. The van der Waals surface area contributed by atoms with Crippen molar-refractivity contribution < 1.29 is 9.47 Å². The van der Waals surface area contributed by atoms with Gasteiger partial charge in [-0.2, -0.15) is 0 Å². The summed E-state index contributed by atoms with van der Waals surface area (Å²) in [5, 5.41) is 5.69. The van der Waals surface area contributed by atoms with Gasteiger partial charge in [0.25, 0.3) is 0 Å². The maximum atomic E-state index is 5.66. The van der Waals surface area contributed by atoms with Crippen molar-refractivity contribution in [1.82, 2.24) is 5.32 Å². The number of halogens is 1. The number of thiophene rings is 1. The molecule has 2 heterocycles. The Kier molecular flexibility index (Phi) is 4.83. The van der Waals surface area contributed by atoms with Gasteiger partial charge in [0.05, 0.1) is 4.47 Å². The van der Waals surface area contributed by atoms with E-state index in [1.807, 2.05) is 11.3 Å². The molecule has 0 amide bonds. The summed E-state index contributed by atoms with van der Waals surface area (Å²) in [6, 6.07) is 8.88. The highest BCUT2D eigenvalue weighted by atomic mass is 79.9. The maximum absolute atomic E-state index is 5.66. The van der Waals surface area contributed by atoms with Crippen molar-refractivity contribution in [2.24, 2.45) is 0 Å².